The third-order valence-electron chi connectivity index (χ3n) is 3.26. The van der Waals surface area contributed by atoms with Gasteiger partial charge in [0.25, 0.3) is 0 Å². The van der Waals surface area contributed by atoms with Gasteiger partial charge in [-0.15, -0.1) is 0 Å². The van der Waals surface area contributed by atoms with Gasteiger partial charge in [-0.1, -0.05) is 0 Å². The third-order valence-corrected chi connectivity index (χ3v) is 4.39. The molecule has 25 heavy (non-hydrogen) atoms. The number of oxazole rings is 1. The molecule has 0 saturated carbocycles. The van der Waals surface area contributed by atoms with Gasteiger partial charge in [0.1, 0.15) is 22.3 Å². The van der Waals surface area contributed by atoms with Crippen LogP contribution in [0.15, 0.2) is 39.9 Å². The highest BCUT2D eigenvalue weighted by Gasteiger charge is 2.15. The molecule has 0 unspecified atom stereocenters. The Morgan fingerprint density at radius 3 is 2.56 bits per heavy atom. The molecule has 0 saturated heterocycles. The van der Waals surface area contributed by atoms with Gasteiger partial charge in [0, 0.05) is 18.1 Å². The first-order chi connectivity index (χ1) is 11.7. The van der Waals surface area contributed by atoms with Crippen molar-refractivity contribution in [2.75, 3.05) is 17.3 Å². The summed E-state index contributed by atoms with van der Waals surface area (Å²) in [5.41, 5.74) is 6.59. The number of nitrogens with two attached hydrogens (primary N) is 1. The quantitative estimate of drug-likeness (QED) is 0.723. The number of hydrogen-bond acceptors (Lipinski definition) is 8. The van der Waals surface area contributed by atoms with Crippen LogP contribution in [0.3, 0.4) is 0 Å². The van der Waals surface area contributed by atoms with Crippen molar-refractivity contribution in [1.82, 2.24) is 15.0 Å². The molecule has 3 rings (SSSR count). The fraction of sp³-hybridized carbons (Fsp3) is 0.133. The second-order valence-electron chi connectivity index (χ2n) is 5.31. The minimum atomic E-state index is -3.64. The van der Waals surface area contributed by atoms with Gasteiger partial charge in [-0.05, 0) is 25.1 Å². The number of nitrogens with one attached hydrogen (secondary N) is 1. The SMILES string of the molecule is Cc1cnc(-c2cnc(Nc3ccc(S(C)(=O)=O)c(F)c3)nc2N)o1. The van der Waals surface area contributed by atoms with Crippen molar-refractivity contribution >= 4 is 27.3 Å². The van der Waals surface area contributed by atoms with E-state index in [2.05, 4.69) is 20.3 Å². The highest BCUT2D eigenvalue weighted by atomic mass is 32.2. The van der Waals surface area contributed by atoms with Crippen LogP contribution in [0.1, 0.15) is 5.76 Å². The topological polar surface area (TPSA) is 124 Å². The molecule has 0 spiro atoms. The standard InChI is InChI=1S/C15H14FN5O3S/c1-8-6-18-14(24-8)10-7-19-15(21-13(10)17)20-9-3-4-12(11(16)5-9)25(2,22)23/h3-7H,1-2H3,(H3,17,19,20,21). The molecule has 1 aromatic carbocycles. The normalized spacial score (nSPS) is 11.5. The summed E-state index contributed by atoms with van der Waals surface area (Å²) in [7, 11) is -3.64. The molecule has 8 nitrogen and oxygen atoms in total. The second kappa shape index (κ2) is 6.13. The fourth-order valence-corrected chi connectivity index (χ4v) is 2.84. The van der Waals surface area contributed by atoms with E-state index in [-0.39, 0.29) is 22.3 Å². The zero-order valence-electron chi connectivity index (χ0n) is 13.3. The molecule has 0 atom stereocenters. The summed E-state index contributed by atoms with van der Waals surface area (Å²) in [6, 6.07) is 3.62. The van der Waals surface area contributed by atoms with Crippen LogP contribution in [-0.4, -0.2) is 29.6 Å². The Balaban J connectivity index is 1.87. The van der Waals surface area contributed by atoms with Crippen molar-refractivity contribution < 1.29 is 17.2 Å². The predicted octanol–water partition coefficient (Wildman–Crippen LogP) is 2.31. The Morgan fingerprint density at radius 1 is 1.24 bits per heavy atom. The van der Waals surface area contributed by atoms with Gasteiger partial charge in [-0.3, -0.25) is 0 Å². The van der Waals surface area contributed by atoms with E-state index < -0.39 is 15.7 Å². The summed E-state index contributed by atoms with van der Waals surface area (Å²) in [6.45, 7) is 1.75. The van der Waals surface area contributed by atoms with E-state index in [4.69, 9.17) is 10.2 Å². The number of benzene rings is 1. The molecular formula is C15H14FN5O3S. The van der Waals surface area contributed by atoms with E-state index in [1.54, 1.807) is 13.1 Å². The van der Waals surface area contributed by atoms with Crippen molar-refractivity contribution in [2.24, 2.45) is 0 Å². The van der Waals surface area contributed by atoms with Gasteiger partial charge in [0.15, 0.2) is 9.84 Å². The minimum Gasteiger partial charge on any atom is -0.441 e. The summed E-state index contributed by atoms with van der Waals surface area (Å²) < 4.78 is 42.1. The van der Waals surface area contributed by atoms with Crippen molar-refractivity contribution in [3.05, 3.63) is 42.2 Å². The zero-order chi connectivity index (χ0) is 18.2. The van der Waals surface area contributed by atoms with Crippen LogP contribution in [0.4, 0.5) is 21.8 Å². The van der Waals surface area contributed by atoms with Crippen molar-refractivity contribution in [3.63, 3.8) is 0 Å². The lowest BCUT2D eigenvalue weighted by atomic mass is 10.3. The lowest BCUT2D eigenvalue weighted by molar-refractivity contribution is 0.542. The lowest BCUT2D eigenvalue weighted by Gasteiger charge is -2.08. The molecule has 0 radical (unpaired) electrons. The Morgan fingerprint density at radius 2 is 2.00 bits per heavy atom. The van der Waals surface area contributed by atoms with Gasteiger partial charge < -0.3 is 15.5 Å². The van der Waals surface area contributed by atoms with Crippen LogP contribution in [0.2, 0.25) is 0 Å². The van der Waals surface area contributed by atoms with Crippen LogP contribution in [0.5, 0.6) is 0 Å². The first-order valence-corrected chi connectivity index (χ1v) is 8.95. The predicted molar refractivity (Wildman–Crippen MR) is 89.5 cm³/mol. The number of anilines is 3. The van der Waals surface area contributed by atoms with Crippen LogP contribution in [0.25, 0.3) is 11.5 Å². The third kappa shape index (κ3) is 3.58. The number of hydrogen-bond donors (Lipinski definition) is 2. The van der Waals surface area contributed by atoms with Gasteiger partial charge >= 0.3 is 0 Å². The molecule has 2 aromatic heterocycles. The average molecular weight is 363 g/mol. The Kier molecular flexibility index (Phi) is 4.13. The number of nitrogens with zero attached hydrogens (tertiary/aromatic N) is 3. The number of rotatable bonds is 4. The molecular weight excluding hydrogens is 349 g/mol. The van der Waals surface area contributed by atoms with Crippen LogP contribution >= 0.6 is 0 Å². The van der Waals surface area contributed by atoms with E-state index in [0.29, 0.717) is 17.2 Å². The molecule has 10 heteroatoms. The second-order valence-corrected chi connectivity index (χ2v) is 7.30. The van der Waals surface area contributed by atoms with Crippen molar-refractivity contribution in [2.45, 2.75) is 11.8 Å². The van der Waals surface area contributed by atoms with Gasteiger partial charge in [-0.2, -0.15) is 4.98 Å². The van der Waals surface area contributed by atoms with Crippen molar-refractivity contribution in [1.29, 1.82) is 0 Å². The van der Waals surface area contributed by atoms with Crippen molar-refractivity contribution in [3.8, 4) is 11.5 Å². The maximum Gasteiger partial charge on any atom is 0.231 e. The van der Waals surface area contributed by atoms with E-state index in [0.717, 1.165) is 12.3 Å². The molecule has 0 aliphatic heterocycles. The average Bonchev–Trinajstić information content (AvgIpc) is 2.92. The molecule has 0 amide bonds. The Labute approximate surface area is 142 Å². The van der Waals surface area contributed by atoms with Crippen LogP contribution in [0, 0.1) is 12.7 Å². The zero-order valence-corrected chi connectivity index (χ0v) is 14.1. The van der Waals surface area contributed by atoms with Crippen LogP contribution in [-0.2, 0) is 9.84 Å². The minimum absolute atomic E-state index is 0.121. The lowest BCUT2D eigenvalue weighted by Crippen LogP contribution is -2.04. The number of halogens is 1. The molecule has 3 aromatic rings. The van der Waals surface area contributed by atoms with E-state index in [1.165, 1.54) is 18.3 Å². The van der Waals surface area contributed by atoms with Crippen LogP contribution < -0.4 is 11.1 Å². The Bertz CT molecular complexity index is 1050. The highest BCUT2D eigenvalue weighted by Crippen LogP contribution is 2.25. The van der Waals surface area contributed by atoms with E-state index in [1.807, 2.05) is 0 Å². The van der Waals surface area contributed by atoms with Gasteiger partial charge in [0.05, 0.1) is 11.8 Å². The molecule has 0 aliphatic rings. The number of nitrogen functional groups attached to an aromatic ring is 1. The fourth-order valence-electron chi connectivity index (χ4n) is 2.11. The molecule has 0 aliphatic carbocycles. The largest absolute Gasteiger partial charge is 0.441 e. The first kappa shape index (κ1) is 16.8. The smallest absolute Gasteiger partial charge is 0.231 e. The highest BCUT2D eigenvalue weighted by molar-refractivity contribution is 7.90. The summed E-state index contributed by atoms with van der Waals surface area (Å²) in [5.74, 6) is 0.305. The molecule has 0 fully saturated rings. The monoisotopic (exact) mass is 363 g/mol. The summed E-state index contributed by atoms with van der Waals surface area (Å²) >= 11 is 0. The molecule has 3 N–H and O–H groups in total. The Hall–Kier alpha value is -3.01. The summed E-state index contributed by atoms with van der Waals surface area (Å²) in [6.07, 6.45) is 3.91. The summed E-state index contributed by atoms with van der Waals surface area (Å²) in [4.78, 5) is 11.8. The van der Waals surface area contributed by atoms with Gasteiger partial charge in [-0.25, -0.2) is 22.8 Å². The number of aryl methyl sites for hydroxylation is 1. The van der Waals surface area contributed by atoms with Gasteiger partial charge in [0.2, 0.25) is 11.8 Å². The maximum atomic E-state index is 13.9. The summed E-state index contributed by atoms with van der Waals surface area (Å²) in [5, 5.41) is 2.76. The first-order valence-electron chi connectivity index (χ1n) is 7.06. The van der Waals surface area contributed by atoms with E-state index >= 15 is 0 Å². The van der Waals surface area contributed by atoms with E-state index in [9.17, 15) is 12.8 Å². The molecule has 0 bridgehead atoms. The number of aromatic nitrogens is 3. The molecule has 2 heterocycles. The molecule has 130 valence electrons. The maximum absolute atomic E-state index is 13.9. The number of sulfone groups is 1.